The molecule has 4 unspecified atom stereocenters. The molecule has 4 aromatic carbocycles. The molecule has 2 aliphatic heterocycles. The van der Waals surface area contributed by atoms with Crippen LogP contribution in [0.25, 0.3) is 5.69 Å². The number of carbonyl (C=O) groups is 2. The summed E-state index contributed by atoms with van der Waals surface area (Å²) in [7, 11) is 1.40. The van der Waals surface area contributed by atoms with Gasteiger partial charge >= 0.3 is 11.4 Å². The zero-order valence-corrected chi connectivity index (χ0v) is 27.9. The van der Waals surface area contributed by atoms with Crippen LogP contribution in [0.1, 0.15) is 35.1 Å². The number of nitrogens with zero attached hydrogens (tertiary/aromatic N) is 4. The molecule has 11 nitrogen and oxygen atoms in total. The number of phenolic OH excluding ortho intramolecular Hbond substituents is 1. The Morgan fingerprint density at radius 2 is 1.58 bits per heavy atom. The van der Waals surface area contributed by atoms with E-state index in [0.29, 0.717) is 28.1 Å². The molecular weight excluding hydrogens is 658 g/mol. The highest BCUT2D eigenvalue weighted by Crippen LogP contribution is 2.62. The number of methoxy groups -OCH3 is 1. The number of hydrogen-bond acceptors (Lipinski definition) is 7. The van der Waals surface area contributed by atoms with Crippen LogP contribution in [-0.2, 0) is 21.5 Å². The van der Waals surface area contributed by atoms with E-state index in [9.17, 15) is 19.5 Å². The largest absolute Gasteiger partial charge is 0.503 e. The van der Waals surface area contributed by atoms with Crippen molar-refractivity contribution in [1.29, 1.82) is 0 Å². The van der Waals surface area contributed by atoms with Gasteiger partial charge in [-0.2, -0.15) is 5.01 Å². The molecule has 2 amide bonds. The van der Waals surface area contributed by atoms with Gasteiger partial charge in [-0.05, 0) is 66.4 Å². The number of aromatic nitrogens is 3. The first kappa shape index (κ1) is 31.5. The van der Waals surface area contributed by atoms with Gasteiger partial charge < -0.3 is 9.84 Å². The molecule has 2 fully saturated rings. The second kappa shape index (κ2) is 11.7. The molecule has 252 valence electrons. The molecule has 0 radical (unpaired) electrons. The fraction of sp³-hybridized carbons (Fsp3) is 0.211. The number of fused-ring (bicyclic) bond motifs is 4. The summed E-state index contributed by atoms with van der Waals surface area (Å²) < 4.78 is 9.43. The van der Waals surface area contributed by atoms with Crippen LogP contribution in [0.5, 0.6) is 11.5 Å². The summed E-state index contributed by atoms with van der Waals surface area (Å²) in [6.45, 7) is 1.99. The van der Waals surface area contributed by atoms with Gasteiger partial charge in [0, 0.05) is 5.92 Å². The molecule has 4 atom stereocenters. The van der Waals surface area contributed by atoms with E-state index < -0.39 is 46.5 Å². The summed E-state index contributed by atoms with van der Waals surface area (Å²) in [6, 6.07) is 27.6. The Morgan fingerprint density at radius 3 is 2.26 bits per heavy atom. The number of para-hydroxylation sites is 1. The highest BCUT2D eigenvalue weighted by atomic mass is 35.5. The predicted molar refractivity (Wildman–Crippen MR) is 187 cm³/mol. The van der Waals surface area contributed by atoms with Crippen LogP contribution in [0, 0.1) is 12.8 Å². The highest BCUT2D eigenvalue weighted by molar-refractivity contribution is 6.32. The first-order chi connectivity index (χ1) is 24.2. The topological polar surface area (TPSA) is 128 Å². The summed E-state index contributed by atoms with van der Waals surface area (Å²) in [5.41, 5.74) is 4.23. The molecular formula is C38H32ClN5O6. The Bertz CT molecular complexity index is 2330. The number of aromatic hydroxyl groups is 1. The van der Waals surface area contributed by atoms with E-state index in [4.69, 9.17) is 16.3 Å². The fourth-order valence-electron chi connectivity index (χ4n) is 8.10. The molecule has 1 aromatic heterocycles. The number of imide groups is 1. The standard InChI is InChI=1S/C38H32ClN5O6/c1-22-13-15-25(16-14-22)40-43-34(46)28-21-30-27(17-18-41-36(48)42(37(49)44(30)41)26-11-7-4-8-12-26)32(23-19-29(39)33(45)31(20-23)50-2)38(28,35(43)47)24-9-5-3-6-10-24/h3-17,19-20,28,30,32,40,45H,18,21H2,1-2H3. The zero-order valence-electron chi connectivity index (χ0n) is 27.1. The number of hydrazine groups is 1. The average Bonchev–Trinajstić information content (AvgIpc) is 3.51. The molecule has 5 aromatic rings. The minimum absolute atomic E-state index is 0.00615. The number of halogens is 1. The molecule has 8 rings (SSSR count). The van der Waals surface area contributed by atoms with Gasteiger partial charge in [-0.25, -0.2) is 23.5 Å². The van der Waals surface area contributed by atoms with E-state index in [2.05, 4.69) is 5.43 Å². The van der Waals surface area contributed by atoms with Gasteiger partial charge in [0.05, 0.1) is 47.4 Å². The summed E-state index contributed by atoms with van der Waals surface area (Å²) in [4.78, 5) is 58.1. The van der Waals surface area contributed by atoms with Gasteiger partial charge in [0.2, 0.25) is 0 Å². The lowest BCUT2D eigenvalue weighted by molar-refractivity contribution is -0.138. The molecule has 0 bridgehead atoms. The highest BCUT2D eigenvalue weighted by Gasteiger charge is 2.68. The van der Waals surface area contributed by atoms with Gasteiger partial charge in [0.1, 0.15) is 0 Å². The van der Waals surface area contributed by atoms with E-state index in [0.717, 1.165) is 15.1 Å². The molecule has 3 aliphatic rings. The molecule has 50 heavy (non-hydrogen) atoms. The van der Waals surface area contributed by atoms with Crippen molar-refractivity contribution in [3.8, 4) is 17.2 Å². The molecule has 12 heteroatoms. The Morgan fingerprint density at radius 1 is 0.900 bits per heavy atom. The molecule has 1 saturated carbocycles. The lowest BCUT2D eigenvalue weighted by atomic mass is 9.53. The minimum Gasteiger partial charge on any atom is -0.503 e. The number of benzene rings is 4. The Hall–Kier alpha value is -5.81. The van der Waals surface area contributed by atoms with E-state index in [-0.39, 0.29) is 29.5 Å². The van der Waals surface area contributed by atoms with Crippen LogP contribution in [0.4, 0.5) is 5.69 Å². The van der Waals surface area contributed by atoms with E-state index >= 15 is 4.79 Å². The lowest BCUT2D eigenvalue weighted by Gasteiger charge is -2.49. The summed E-state index contributed by atoms with van der Waals surface area (Å²) >= 11 is 6.61. The third-order valence-corrected chi connectivity index (χ3v) is 10.6. The SMILES string of the molecule is COc1cc(C2C3=CCn4c(=O)n(-c5ccccc5)c(=O)n4C3CC3C(=O)N(Nc4ccc(C)cc4)C(=O)C32c2ccccc2)cc(Cl)c1O. The third-order valence-electron chi connectivity index (χ3n) is 10.3. The van der Waals surface area contributed by atoms with Crippen molar-refractivity contribution in [2.45, 2.75) is 37.3 Å². The smallest absolute Gasteiger partial charge is 0.352 e. The van der Waals surface area contributed by atoms with Crippen LogP contribution >= 0.6 is 11.6 Å². The van der Waals surface area contributed by atoms with Crippen molar-refractivity contribution < 1.29 is 19.4 Å². The molecule has 0 spiro atoms. The van der Waals surface area contributed by atoms with Gasteiger partial charge in [0.25, 0.3) is 11.8 Å². The first-order valence-corrected chi connectivity index (χ1v) is 16.6. The summed E-state index contributed by atoms with van der Waals surface area (Å²) in [6.07, 6.45) is 1.92. The van der Waals surface area contributed by atoms with Crippen LogP contribution in [-0.4, -0.2) is 43.0 Å². The molecule has 3 heterocycles. The number of rotatable bonds is 6. The van der Waals surface area contributed by atoms with Gasteiger partial charge in [-0.1, -0.05) is 83.9 Å². The number of amides is 2. The number of nitrogens with one attached hydrogen (secondary N) is 1. The van der Waals surface area contributed by atoms with Crippen LogP contribution < -0.4 is 21.5 Å². The quantitative estimate of drug-likeness (QED) is 0.188. The Labute approximate surface area is 291 Å². The first-order valence-electron chi connectivity index (χ1n) is 16.2. The maximum atomic E-state index is 15.2. The number of ether oxygens (including phenoxy) is 1. The number of hydrogen-bond donors (Lipinski definition) is 2. The van der Waals surface area contributed by atoms with Crippen LogP contribution in [0.15, 0.2) is 118 Å². The molecule has 1 saturated heterocycles. The second-order valence-electron chi connectivity index (χ2n) is 12.8. The number of carbonyl (C=O) groups excluding carboxylic acids is 2. The van der Waals surface area contributed by atoms with Gasteiger partial charge in [0.15, 0.2) is 11.5 Å². The van der Waals surface area contributed by atoms with Gasteiger partial charge in [-0.15, -0.1) is 0 Å². The van der Waals surface area contributed by atoms with Gasteiger partial charge in [-0.3, -0.25) is 15.0 Å². The number of allylic oxidation sites excluding steroid dienone is 2. The van der Waals surface area contributed by atoms with Crippen molar-refractivity contribution in [3.05, 3.63) is 151 Å². The number of anilines is 1. The zero-order chi connectivity index (χ0) is 34.9. The van der Waals surface area contributed by atoms with Crippen LogP contribution in [0.3, 0.4) is 0 Å². The molecule has 2 N–H and O–H groups in total. The summed E-state index contributed by atoms with van der Waals surface area (Å²) in [5.74, 6) is -3.01. The fourth-order valence-corrected chi connectivity index (χ4v) is 8.32. The maximum absolute atomic E-state index is 15.2. The number of aryl methyl sites for hydroxylation is 1. The van der Waals surface area contributed by atoms with E-state index in [1.54, 1.807) is 54.6 Å². The van der Waals surface area contributed by atoms with Crippen molar-refractivity contribution in [1.82, 2.24) is 18.9 Å². The van der Waals surface area contributed by atoms with Crippen molar-refractivity contribution in [2.24, 2.45) is 5.92 Å². The predicted octanol–water partition coefficient (Wildman–Crippen LogP) is 5.10. The minimum atomic E-state index is -1.52. The number of phenols is 1. The Balaban J connectivity index is 1.40. The summed E-state index contributed by atoms with van der Waals surface area (Å²) in [5, 5.41) is 11.8. The van der Waals surface area contributed by atoms with Crippen molar-refractivity contribution in [3.63, 3.8) is 0 Å². The van der Waals surface area contributed by atoms with Crippen LogP contribution in [0.2, 0.25) is 5.02 Å². The Kier molecular flexibility index (Phi) is 7.34. The lowest BCUT2D eigenvalue weighted by Crippen LogP contribution is -2.53. The van der Waals surface area contributed by atoms with Crippen molar-refractivity contribution >= 4 is 29.1 Å². The monoisotopic (exact) mass is 689 g/mol. The maximum Gasteiger partial charge on any atom is 0.352 e. The average molecular weight is 690 g/mol. The molecule has 1 aliphatic carbocycles. The second-order valence-corrected chi connectivity index (χ2v) is 13.3. The van der Waals surface area contributed by atoms with E-state index in [1.807, 2.05) is 55.5 Å². The third kappa shape index (κ3) is 4.42. The van der Waals surface area contributed by atoms with Crippen molar-refractivity contribution in [2.75, 3.05) is 12.5 Å². The van der Waals surface area contributed by atoms with E-state index in [1.165, 1.54) is 16.5 Å². The normalized spacial score (nSPS) is 22.4.